The van der Waals surface area contributed by atoms with Gasteiger partial charge in [-0.05, 0) is 66.9 Å². The number of halogens is 1. The van der Waals surface area contributed by atoms with Crippen LogP contribution in [0.3, 0.4) is 0 Å². The number of nitrogens with zero attached hydrogens (tertiary/aromatic N) is 2. The van der Waals surface area contributed by atoms with Gasteiger partial charge in [-0.1, -0.05) is 12.1 Å². The van der Waals surface area contributed by atoms with E-state index in [1.165, 1.54) is 18.2 Å². The highest BCUT2D eigenvalue weighted by molar-refractivity contribution is 5.94. The molecule has 36 heavy (non-hydrogen) atoms. The number of hydrogen-bond donors (Lipinski definition) is 2. The molecule has 2 heterocycles. The van der Waals surface area contributed by atoms with E-state index in [4.69, 9.17) is 4.42 Å². The maximum absolute atomic E-state index is 13.6. The van der Waals surface area contributed by atoms with Crippen molar-refractivity contribution in [3.8, 4) is 6.07 Å². The zero-order valence-corrected chi connectivity index (χ0v) is 19.6. The molecule has 1 aromatic heterocycles. The molecule has 0 radical (unpaired) electrons. The Bertz CT molecular complexity index is 1640. The molecule has 180 valence electrons. The van der Waals surface area contributed by atoms with Gasteiger partial charge in [0.05, 0.1) is 28.6 Å². The Morgan fingerprint density at radius 2 is 1.92 bits per heavy atom. The van der Waals surface area contributed by atoms with Gasteiger partial charge in [0.15, 0.2) is 5.43 Å². The summed E-state index contributed by atoms with van der Waals surface area (Å²) < 4.78 is 19.9. The van der Waals surface area contributed by atoms with Gasteiger partial charge in [-0.3, -0.25) is 4.79 Å². The van der Waals surface area contributed by atoms with E-state index in [1.54, 1.807) is 12.1 Å². The fraction of sp³-hybridized carbons (Fsp3) is 0.179. The molecule has 1 aliphatic rings. The lowest BCUT2D eigenvalue weighted by Gasteiger charge is -2.21. The molecule has 3 aromatic carbocycles. The van der Waals surface area contributed by atoms with Crippen LogP contribution in [-0.2, 0) is 13.1 Å². The molecule has 5 rings (SSSR count). The van der Waals surface area contributed by atoms with Crippen molar-refractivity contribution in [1.29, 1.82) is 5.26 Å². The number of rotatable bonds is 5. The first-order valence-electron chi connectivity index (χ1n) is 11.4. The van der Waals surface area contributed by atoms with Crippen LogP contribution in [0.2, 0.25) is 0 Å². The summed E-state index contributed by atoms with van der Waals surface area (Å²) in [7, 11) is 0. The Morgan fingerprint density at radius 3 is 2.67 bits per heavy atom. The second kappa shape index (κ2) is 8.86. The number of carbonyl (C=O) groups is 1. The fourth-order valence-corrected chi connectivity index (χ4v) is 4.65. The Kier molecular flexibility index (Phi) is 5.69. The number of nitrogens with one attached hydrogen (secondary N) is 1. The Balaban J connectivity index is 1.55. The second-order valence-corrected chi connectivity index (χ2v) is 8.99. The number of fused-ring (bicyclic) bond motifs is 2. The topological polar surface area (TPSA) is 107 Å². The van der Waals surface area contributed by atoms with Crippen LogP contribution in [0.15, 0.2) is 63.8 Å². The van der Waals surface area contributed by atoms with Crippen LogP contribution in [0.25, 0.3) is 11.0 Å². The number of benzene rings is 3. The van der Waals surface area contributed by atoms with Gasteiger partial charge in [0.25, 0.3) is 0 Å². The molecule has 0 saturated carbocycles. The molecule has 4 aromatic rings. The maximum atomic E-state index is 13.6. The van der Waals surface area contributed by atoms with E-state index in [0.29, 0.717) is 41.1 Å². The molecule has 1 atom stereocenters. The van der Waals surface area contributed by atoms with Gasteiger partial charge in [0.2, 0.25) is 5.88 Å². The third kappa shape index (κ3) is 4.16. The van der Waals surface area contributed by atoms with Crippen molar-refractivity contribution in [3.05, 3.63) is 104 Å². The molecule has 7 nitrogen and oxygen atoms in total. The standard InChI is InChI=1S/C28H22FN3O4/c1-15-7-21(16(2)31-24-6-5-20(29)10-22(24)28(34)35)27-23(8-15)25(33)11-26(36-27)32-13-18-4-3-17(12-30)9-19(18)14-32/h3-11,16,31H,13-14H2,1-2H3,(H,34,35). The molecule has 0 amide bonds. The molecular formula is C28H22FN3O4. The summed E-state index contributed by atoms with van der Waals surface area (Å²) >= 11 is 0. The van der Waals surface area contributed by atoms with E-state index in [-0.39, 0.29) is 16.7 Å². The van der Waals surface area contributed by atoms with Crippen LogP contribution in [0.4, 0.5) is 16.0 Å². The summed E-state index contributed by atoms with van der Waals surface area (Å²) in [6.07, 6.45) is 0. The highest BCUT2D eigenvalue weighted by Crippen LogP contribution is 2.34. The summed E-state index contributed by atoms with van der Waals surface area (Å²) in [6.45, 7) is 4.74. The summed E-state index contributed by atoms with van der Waals surface area (Å²) in [5.41, 5.74) is 4.45. The van der Waals surface area contributed by atoms with Crippen LogP contribution in [0.1, 0.15) is 51.1 Å². The van der Waals surface area contributed by atoms with Gasteiger partial charge in [0, 0.05) is 30.4 Å². The van der Waals surface area contributed by atoms with E-state index in [0.717, 1.165) is 22.8 Å². The second-order valence-electron chi connectivity index (χ2n) is 8.99. The third-order valence-corrected chi connectivity index (χ3v) is 6.41. The van der Waals surface area contributed by atoms with Crippen LogP contribution in [0.5, 0.6) is 0 Å². The highest BCUT2D eigenvalue weighted by atomic mass is 19.1. The van der Waals surface area contributed by atoms with E-state index >= 15 is 0 Å². The van der Waals surface area contributed by atoms with E-state index < -0.39 is 17.8 Å². The lowest BCUT2D eigenvalue weighted by Crippen LogP contribution is -2.18. The minimum Gasteiger partial charge on any atom is -0.478 e. The average Bonchev–Trinajstić information content (AvgIpc) is 3.28. The SMILES string of the molecule is Cc1cc(C(C)Nc2ccc(F)cc2C(=O)O)c2oc(N3Cc4ccc(C#N)cc4C3)cc(=O)c2c1. The predicted molar refractivity (Wildman–Crippen MR) is 134 cm³/mol. The average molecular weight is 483 g/mol. The lowest BCUT2D eigenvalue weighted by atomic mass is 10.0. The van der Waals surface area contributed by atoms with Crippen molar-refractivity contribution in [2.75, 3.05) is 10.2 Å². The molecule has 0 saturated heterocycles. The van der Waals surface area contributed by atoms with Gasteiger partial charge >= 0.3 is 5.97 Å². The van der Waals surface area contributed by atoms with Gasteiger partial charge < -0.3 is 19.7 Å². The first-order valence-corrected chi connectivity index (χ1v) is 11.4. The van der Waals surface area contributed by atoms with Crippen LogP contribution in [0, 0.1) is 24.1 Å². The van der Waals surface area contributed by atoms with Crippen molar-refractivity contribution in [2.45, 2.75) is 33.0 Å². The van der Waals surface area contributed by atoms with Crippen molar-refractivity contribution in [1.82, 2.24) is 0 Å². The molecule has 0 spiro atoms. The van der Waals surface area contributed by atoms with Crippen LogP contribution >= 0.6 is 0 Å². The lowest BCUT2D eigenvalue weighted by molar-refractivity contribution is 0.0697. The van der Waals surface area contributed by atoms with Crippen molar-refractivity contribution >= 4 is 28.5 Å². The quantitative estimate of drug-likeness (QED) is 0.386. The number of aryl methyl sites for hydroxylation is 1. The number of carboxylic acids is 1. The summed E-state index contributed by atoms with van der Waals surface area (Å²) in [6, 6.07) is 15.9. The maximum Gasteiger partial charge on any atom is 0.337 e. The Morgan fingerprint density at radius 1 is 1.14 bits per heavy atom. The molecule has 1 aliphatic heterocycles. The molecule has 1 unspecified atom stereocenters. The molecular weight excluding hydrogens is 461 g/mol. The van der Waals surface area contributed by atoms with E-state index in [9.17, 15) is 24.3 Å². The number of aromatic carboxylic acids is 1. The smallest absolute Gasteiger partial charge is 0.337 e. The molecule has 0 aliphatic carbocycles. The fourth-order valence-electron chi connectivity index (χ4n) is 4.65. The zero-order chi connectivity index (χ0) is 25.6. The van der Waals surface area contributed by atoms with Crippen LogP contribution in [-0.4, -0.2) is 11.1 Å². The van der Waals surface area contributed by atoms with Gasteiger partial charge in [0.1, 0.15) is 11.4 Å². The molecule has 2 N–H and O–H groups in total. The highest BCUT2D eigenvalue weighted by Gasteiger charge is 2.24. The number of nitriles is 1. The zero-order valence-electron chi connectivity index (χ0n) is 19.6. The molecule has 8 heteroatoms. The number of carboxylic acid groups (broad SMARTS) is 1. The largest absolute Gasteiger partial charge is 0.478 e. The minimum atomic E-state index is -1.25. The first-order chi connectivity index (χ1) is 17.2. The molecule has 0 fully saturated rings. The van der Waals surface area contributed by atoms with Crippen molar-refractivity contribution in [2.24, 2.45) is 0 Å². The third-order valence-electron chi connectivity index (χ3n) is 6.41. The van der Waals surface area contributed by atoms with Crippen molar-refractivity contribution < 1.29 is 18.7 Å². The first kappa shape index (κ1) is 23.1. The van der Waals surface area contributed by atoms with Gasteiger partial charge in [-0.15, -0.1) is 0 Å². The normalized spacial score (nSPS) is 13.3. The Labute approximate surface area is 206 Å². The van der Waals surface area contributed by atoms with Gasteiger partial charge in [-0.2, -0.15) is 5.26 Å². The Hall–Kier alpha value is -4.64. The summed E-state index contributed by atoms with van der Waals surface area (Å²) in [5, 5.41) is 22.3. The summed E-state index contributed by atoms with van der Waals surface area (Å²) in [5.74, 6) is -1.48. The molecule has 0 bridgehead atoms. The van der Waals surface area contributed by atoms with Gasteiger partial charge in [-0.25, -0.2) is 9.18 Å². The van der Waals surface area contributed by atoms with E-state index in [2.05, 4.69) is 11.4 Å². The van der Waals surface area contributed by atoms with Crippen LogP contribution < -0.4 is 15.6 Å². The number of anilines is 2. The van der Waals surface area contributed by atoms with Crippen molar-refractivity contribution in [3.63, 3.8) is 0 Å². The number of hydrogen-bond acceptors (Lipinski definition) is 6. The monoisotopic (exact) mass is 483 g/mol. The summed E-state index contributed by atoms with van der Waals surface area (Å²) in [4.78, 5) is 26.7. The van der Waals surface area contributed by atoms with E-state index in [1.807, 2.05) is 36.9 Å². The predicted octanol–water partition coefficient (Wildman–Crippen LogP) is 5.50. The minimum absolute atomic E-state index is 0.187.